The van der Waals surface area contributed by atoms with Gasteiger partial charge in [0, 0.05) is 17.7 Å². The third-order valence-corrected chi connectivity index (χ3v) is 5.12. The van der Waals surface area contributed by atoms with E-state index in [0.29, 0.717) is 17.7 Å². The van der Waals surface area contributed by atoms with Gasteiger partial charge in [-0.05, 0) is 18.6 Å². The van der Waals surface area contributed by atoms with Crippen LogP contribution in [0.4, 0.5) is 5.69 Å². The van der Waals surface area contributed by atoms with Crippen molar-refractivity contribution in [2.75, 3.05) is 11.9 Å². The number of benzene rings is 1. The van der Waals surface area contributed by atoms with Gasteiger partial charge in [-0.2, -0.15) is 0 Å². The Kier molecular flexibility index (Phi) is 14.2. The predicted molar refractivity (Wildman–Crippen MR) is 117 cm³/mol. The van der Waals surface area contributed by atoms with Crippen LogP contribution in [0.1, 0.15) is 107 Å². The highest BCUT2D eigenvalue weighted by Gasteiger charge is 2.07. The van der Waals surface area contributed by atoms with Crippen molar-refractivity contribution >= 4 is 17.4 Å². The first kappa shape index (κ1) is 24.4. The summed E-state index contributed by atoms with van der Waals surface area (Å²) < 4.78 is 0. The van der Waals surface area contributed by atoms with Crippen LogP contribution in [-0.2, 0) is 4.79 Å². The van der Waals surface area contributed by atoms with E-state index in [9.17, 15) is 9.59 Å². The van der Waals surface area contributed by atoms with Crippen LogP contribution in [0.25, 0.3) is 0 Å². The summed E-state index contributed by atoms with van der Waals surface area (Å²) in [6, 6.07) is 6.72. The first-order valence-corrected chi connectivity index (χ1v) is 11.2. The lowest BCUT2D eigenvalue weighted by Crippen LogP contribution is -2.12. The van der Waals surface area contributed by atoms with E-state index in [1.807, 2.05) is 0 Å². The Labute approximate surface area is 171 Å². The van der Waals surface area contributed by atoms with Gasteiger partial charge in [0.1, 0.15) is 6.61 Å². The molecule has 4 nitrogen and oxygen atoms in total. The summed E-state index contributed by atoms with van der Waals surface area (Å²) in [5.74, 6) is -0.357. The summed E-state index contributed by atoms with van der Waals surface area (Å²) in [6.07, 6.45) is 17.3. The molecule has 0 aliphatic heterocycles. The van der Waals surface area contributed by atoms with Gasteiger partial charge in [0.05, 0.1) is 0 Å². The molecule has 158 valence electrons. The van der Waals surface area contributed by atoms with Crippen molar-refractivity contribution in [2.45, 2.75) is 96.8 Å². The standard InChI is InChI=1S/C24H39NO3/c1-2-3-4-5-6-7-8-9-10-11-12-13-14-18-24(28)25-22-17-15-16-21(19-22)23(27)20-26/h15-17,19,26H,2-14,18,20H2,1H3,(H,25,28). The quantitative estimate of drug-likeness (QED) is 0.243. The highest BCUT2D eigenvalue weighted by atomic mass is 16.3. The molecule has 1 rings (SSSR count). The maximum atomic E-state index is 12.0. The van der Waals surface area contributed by atoms with E-state index in [4.69, 9.17) is 5.11 Å². The van der Waals surface area contributed by atoms with Gasteiger partial charge in [0.2, 0.25) is 5.91 Å². The minimum Gasteiger partial charge on any atom is -0.388 e. The average molecular weight is 390 g/mol. The van der Waals surface area contributed by atoms with Crippen molar-refractivity contribution < 1.29 is 14.7 Å². The molecule has 0 spiro atoms. The normalized spacial score (nSPS) is 10.8. The number of carbonyl (C=O) groups is 2. The summed E-state index contributed by atoms with van der Waals surface area (Å²) >= 11 is 0. The Morgan fingerprint density at radius 1 is 0.821 bits per heavy atom. The van der Waals surface area contributed by atoms with Gasteiger partial charge in [-0.1, -0.05) is 96.1 Å². The van der Waals surface area contributed by atoms with Crippen molar-refractivity contribution in [3.05, 3.63) is 29.8 Å². The van der Waals surface area contributed by atoms with E-state index < -0.39 is 6.61 Å². The van der Waals surface area contributed by atoms with Gasteiger partial charge in [-0.25, -0.2) is 0 Å². The molecule has 1 aromatic rings. The number of ketones is 1. The summed E-state index contributed by atoms with van der Waals surface area (Å²) in [7, 11) is 0. The second-order valence-corrected chi connectivity index (χ2v) is 7.70. The molecule has 0 saturated carbocycles. The fourth-order valence-electron chi connectivity index (χ4n) is 3.39. The second kappa shape index (κ2) is 16.3. The number of nitrogens with one attached hydrogen (secondary N) is 1. The highest BCUT2D eigenvalue weighted by molar-refractivity contribution is 5.99. The average Bonchev–Trinajstić information content (AvgIpc) is 2.71. The maximum absolute atomic E-state index is 12.0. The van der Waals surface area contributed by atoms with E-state index in [0.717, 1.165) is 12.8 Å². The summed E-state index contributed by atoms with van der Waals surface area (Å²) in [5, 5.41) is 11.7. The van der Waals surface area contributed by atoms with Gasteiger partial charge in [-0.3, -0.25) is 9.59 Å². The number of hydrogen-bond acceptors (Lipinski definition) is 3. The molecular weight excluding hydrogens is 350 g/mol. The number of amides is 1. The maximum Gasteiger partial charge on any atom is 0.224 e. The number of carbonyl (C=O) groups excluding carboxylic acids is 2. The minimum atomic E-state index is -0.518. The molecule has 0 heterocycles. The molecule has 0 fully saturated rings. The predicted octanol–water partition coefficient (Wildman–Crippen LogP) is 6.28. The number of aliphatic hydroxyl groups is 1. The van der Waals surface area contributed by atoms with Crippen LogP contribution in [0, 0.1) is 0 Å². The smallest absolute Gasteiger partial charge is 0.224 e. The van der Waals surface area contributed by atoms with Crippen LogP contribution < -0.4 is 5.32 Å². The summed E-state index contributed by atoms with van der Waals surface area (Å²) in [6.45, 7) is 1.74. The Morgan fingerprint density at radius 2 is 1.36 bits per heavy atom. The largest absolute Gasteiger partial charge is 0.388 e. The molecule has 0 radical (unpaired) electrons. The lowest BCUT2D eigenvalue weighted by atomic mass is 10.0. The third kappa shape index (κ3) is 11.9. The zero-order valence-corrected chi connectivity index (χ0v) is 17.7. The first-order chi connectivity index (χ1) is 13.7. The van der Waals surface area contributed by atoms with E-state index in [1.54, 1.807) is 24.3 Å². The number of aliphatic hydroxyl groups excluding tert-OH is 1. The molecule has 0 aliphatic rings. The van der Waals surface area contributed by atoms with Crippen LogP contribution in [-0.4, -0.2) is 23.4 Å². The molecule has 4 heteroatoms. The Hall–Kier alpha value is -1.68. The monoisotopic (exact) mass is 389 g/mol. The Bertz CT molecular complexity index is 557. The number of Topliss-reactive ketones (excluding diaryl/α,β-unsaturated/α-hetero) is 1. The number of rotatable bonds is 17. The molecule has 0 unspecified atom stereocenters. The SMILES string of the molecule is CCCCCCCCCCCCCCCC(=O)Nc1cccc(C(=O)CO)c1. The van der Waals surface area contributed by atoms with Crippen molar-refractivity contribution in [1.29, 1.82) is 0 Å². The fourth-order valence-corrected chi connectivity index (χ4v) is 3.39. The van der Waals surface area contributed by atoms with E-state index in [1.165, 1.54) is 70.6 Å². The summed E-state index contributed by atoms with van der Waals surface area (Å²) in [4.78, 5) is 23.5. The zero-order valence-electron chi connectivity index (χ0n) is 17.7. The van der Waals surface area contributed by atoms with Crippen molar-refractivity contribution in [3.8, 4) is 0 Å². The molecule has 0 atom stereocenters. The van der Waals surface area contributed by atoms with Crippen LogP contribution in [0.15, 0.2) is 24.3 Å². The van der Waals surface area contributed by atoms with Crippen molar-refractivity contribution in [2.24, 2.45) is 0 Å². The molecular formula is C24H39NO3. The van der Waals surface area contributed by atoms with E-state index in [2.05, 4.69) is 12.2 Å². The molecule has 2 N–H and O–H groups in total. The van der Waals surface area contributed by atoms with Crippen molar-refractivity contribution in [1.82, 2.24) is 0 Å². The molecule has 0 saturated heterocycles. The molecule has 1 aromatic carbocycles. The van der Waals surface area contributed by atoms with Crippen LogP contribution in [0.3, 0.4) is 0 Å². The Balaban J connectivity index is 1.99. The van der Waals surface area contributed by atoms with Gasteiger partial charge < -0.3 is 10.4 Å². The molecule has 0 bridgehead atoms. The Morgan fingerprint density at radius 3 is 1.89 bits per heavy atom. The van der Waals surface area contributed by atoms with Gasteiger partial charge in [0.25, 0.3) is 0 Å². The molecule has 28 heavy (non-hydrogen) atoms. The lowest BCUT2D eigenvalue weighted by Gasteiger charge is -2.07. The molecule has 1 amide bonds. The van der Waals surface area contributed by atoms with E-state index in [-0.39, 0.29) is 11.7 Å². The first-order valence-electron chi connectivity index (χ1n) is 11.2. The molecule has 0 aromatic heterocycles. The molecule has 0 aliphatic carbocycles. The van der Waals surface area contributed by atoms with Gasteiger partial charge in [0.15, 0.2) is 5.78 Å². The van der Waals surface area contributed by atoms with E-state index >= 15 is 0 Å². The topological polar surface area (TPSA) is 66.4 Å². The van der Waals surface area contributed by atoms with Crippen molar-refractivity contribution in [3.63, 3.8) is 0 Å². The van der Waals surface area contributed by atoms with Crippen LogP contribution in [0.5, 0.6) is 0 Å². The number of anilines is 1. The van der Waals surface area contributed by atoms with Crippen LogP contribution in [0.2, 0.25) is 0 Å². The number of unbranched alkanes of at least 4 members (excludes halogenated alkanes) is 12. The highest BCUT2D eigenvalue weighted by Crippen LogP contribution is 2.14. The number of hydrogen-bond donors (Lipinski definition) is 2. The lowest BCUT2D eigenvalue weighted by molar-refractivity contribution is -0.116. The summed E-state index contributed by atoms with van der Waals surface area (Å²) in [5.41, 5.74) is 1.03. The van der Waals surface area contributed by atoms with Gasteiger partial charge in [-0.15, -0.1) is 0 Å². The van der Waals surface area contributed by atoms with Gasteiger partial charge >= 0.3 is 0 Å². The fraction of sp³-hybridized carbons (Fsp3) is 0.667. The minimum absolute atomic E-state index is 0.0170. The third-order valence-electron chi connectivity index (χ3n) is 5.12. The van der Waals surface area contributed by atoms with Crippen LogP contribution >= 0.6 is 0 Å². The zero-order chi connectivity index (χ0) is 20.5. The second-order valence-electron chi connectivity index (χ2n) is 7.70.